The number of hydrogen-bond acceptors (Lipinski definition) is 5. The van der Waals surface area contributed by atoms with Gasteiger partial charge in [0.15, 0.2) is 0 Å². The lowest BCUT2D eigenvalue weighted by Crippen LogP contribution is -2.52. The summed E-state index contributed by atoms with van der Waals surface area (Å²) in [6.07, 6.45) is 0. The second kappa shape index (κ2) is 5.63. The molecule has 2 rings (SSSR count). The highest BCUT2D eigenvalue weighted by atomic mass is 16.3. The number of likely N-dealkylation sites (N-methyl/N-ethyl adjacent to an activating group) is 1. The van der Waals surface area contributed by atoms with Gasteiger partial charge in [0.1, 0.15) is 0 Å². The Balaban J connectivity index is 2.15. The molecule has 1 saturated heterocycles. The summed E-state index contributed by atoms with van der Waals surface area (Å²) in [4.78, 5) is 13.6. The van der Waals surface area contributed by atoms with Gasteiger partial charge in [-0.2, -0.15) is 0 Å². The van der Waals surface area contributed by atoms with E-state index in [1.165, 1.54) is 0 Å². The van der Waals surface area contributed by atoms with E-state index in [0.29, 0.717) is 11.7 Å². The number of anilines is 1. The maximum atomic E-state index is 9.20. The lowest BCUT2D eigenvalue weighted by Gasteiger charge is -2.39. The van der Waals surface area contributed by atoms with Gasteiger partial charge < -0.3 is 10.0 Å². The van der Waals surface area contributed by atoms with Crippen molar-refractivity contribution in [3.05, 3.63) is 17.5 Å². The summed E-state index contributed by atoms with van der Waals surface area (Å²) in [5.41, 5.74) is 1.61. The van der Waals surface area contributed by atoms with Crippen LogP contribution in [-0.2, 0) is 6.61 Å². The second-order valence-corrected chi connectivity index (χ2v) is 4.88. The van der Waals surface area contributed by atoms with Gasteiger partial charge in [0.05, 0.1) is 12.3 Å². The summed E-state index contributed by atoms with van der Waals surface area (Å²) >= 11 is 0. The first-order valence-corrected chi connectivity index (χ1v) is 6.58. The highest BCUT2D eigenvalue weighted by molar-refractivity contribution is 5.33. The van der Waals surface area contributed by atoms with E-state index in [-0.39, 0.29) is 6.61 Å². The number of nitrogens with zero attached hydrogens (tertiary/aromatic N) is 4. The van der Waals surface area contributed by atoms with E-state index < -0.39 is 0 Å². The van der Waals surface area contributed by atoms with Crippen molar-refractivity contribution in [1.29, 1.82) is 0 Å². The number of aliphatic hydroxyl groups is 1. The van der Waals surface area contributed by atoms with Crippen molar-refractivity contribution in [2.24, 2.45) is 0 Å². The molecule has 0 amide bonds. The molecule has 0 saturated carbocycles. The zero-order valence-corrected chi connectivity index (χ0v) is 11.4. The van der Waals surface area contributed by atoms with Gasteiger partial charge >= 0.3 is 0 Å². The summed E-state index contributed by atoms with van der Waals surface area (Å²) in [5, 5.41) is 9.20. The van der Waals surface area contributed by atoms with Crippen LogP contribution in [0.1, 0.15) is 25.2 Å². The Morgan fingerprint density at radius 2 is 2.17 bits per heavy atom. The zero-order valence-electron chi connectivity index (χ0n) is 11.4. The predicted octanol–water partition coefficient (Wildman–Crippen LogP) is 0.808. The van der Waals surface area contributed by atoms with E-state index >= 15 is 0 Å². The van der Waals surface area contributed by atoms with Crippen LogP contribution in [0.15, 0.2) is 6.07 Å². The Morgan fingerprint density at radius 3 is 2.78 bits per heavy atom. The monoisotopic (exact) mass is 250 g/mol. The zero-order chi connectivity index (χ0) is 13.1. The van der Waals surface area contributed by atoms with Crippen LogP contribution in [0.3, 0.4) is 0 Å². The van der Waals surface area contributed by atoms with E-state index in [4.69, 9.17) is 0 Å². The summed E-state index contributed by atoms with van der Waals surface area (Å²) in [6, 6.07) is 2.35. The van der Waals surface area contributed by atoms with Crippen molar-refractivity contribution >= 4 is 5.95 Å². The Hall–Kier alpha value is -1.20. The summed E-state index contributed by atoms with van der Waals surface area (Å²) in [7, 11) is 0. The van der Waals surface area contributed by atoms with Crippen molar-refractivity contribution in [3.8, 4) is 0 Å². The van der Waals surface area contributed by atoms with Gasteiger partial charge in [-0.25, -0.2) is 9.97 Å². The molecule has 1 N–H and O–H groups in total. The van der Waals surface area contributed by atoms with Crippen LogP contribution < -0.4 is 4.90 Å². The first-order valence-electron chi connectivity index (χ1n) is 6.58. The topological polar surface area (TPSA) is 52.5 Å². The van der Waals surface area contributed by atoms with Crippen LogP contribution in [0.2, 0.25) is 0 Å². The molecule has 0 radical (unpaired) electrons. The number of hydrogen-bond donors (Lipinski definition) is 1. The van der Waals surface area contributed by atoms with Gasteiger partial charge in [0, 0.05) is 31.4 Å². The van der Waals surface area contributed by atoms with Crippen LogP contribution in [0.4, 0.5) is 5.95 Å². The minimum Gasteiger partial charge on any atom is -0.390 e. The van der Waals surface area contributed by atoms with Crippen LogP contribution >= 0.6 is 0 Å². The number of piperazine rings is 1. The number of aromatic nitrogens is 2. The smallest absolute Gasteiger partial charge is 0.225 e. The molecule has 0 bridgehead atoms. The lowest BCUT2D eigenvalue weighted by molar-refractivity contribution is 0.198. The van der Waals surface area contributed by atoms with E-state index in [1.54, 1.807) is 0 Å². The molecule has 1 unspecified atom stereocenters. The molecule has 1 aliphatic rings. The number of aliphatic hydroxyl groups excluding tert-OH is 1. The number of rotatable bonds is 3. The minimum atomic E-state index is -0.0269. The van der Waals surface area contributed by atoms with E-state index in [2.05, 4.69) is 33.6 Å². The van der Waals surface area contributed by atoms with Crippen molar-refractivity contribution in [1.82, 2.24) is 14.9 Å². The number of aryl methyl sites for hydroxylation is 1. The Morgan fingerprint density at radius 1 is 1.39 bits per heavy atom. The molecule has 1 aromatic rings. The third-order valence-electron chi connectivity index (χ3n) is 3.51. The van der Waals surface area contributed by atoms with Crippen LogP contribution in [-0.4, -0.2) is 52.2 Å². The average Bonchev–Trinajstić information content (AvgIpc) is 2.37. The molecular formula is C13H22N4O. The van der Waals surface area contributed by atoms with Crippen LogP contribution in [0.25, 0.3) is 0 Å². The van der Waals surface area contributed by atoms with Gasteiger partial charge in [-0.05, 0) is 26.5 Å². The lowest BCUT2D eigenvalue weighted by atomic mass is 10.2. The molecule has 0 aliphatic carbocycles. The first-order chi connectivity index (χ1) is 8.63. The van der Waals surface area contributed by atoms with Gasteiger partial charge in [-0.1, -0.05) is 6.92 Å². The summed E-state index contributed by atoms with van der Waals surface area (Å²) < 4.78 is 0. The molecule has 2 heterocycles. The van der Waals surface area contributed by atoms with Crippen molar-refractivity contribution in [3.63, 3.8) is 0 Å². The average molecular weight is 250 g/mol. The highest BCUT2D eigenvalue weighted by Gasteiger charge is 2.24. The molecular weight excluding hydrogens is 228 g/mol. The van der Waals surface area contributed by atoms with Crippen molar-refractivity contribution in [2.75, 3.05) is 31.1 Å². The van der Waals surface area contributed by atoms with Crippen molar-refractivity contribution < 1.29 is 5.11 Å². The predicted molar refractivity (Wildman–Crippen MR) is 71.6 cm³/mol. The van der Waals surface area contributed by atoms with Gasteiger partial charge in [-0.15, -0.1) is 0 Å². The molecule has 0 spiro atoms. The molecule has 18 heavy (non-hydrogen) atoms. The third-order valence-corrected chi connectivity index (χ3v) is 3.51. The van der Waals surface area contributed by atoms with Crippen LogP contribution in [0, 0.1) is 6.92 Å². The minimum absolute atomic E-state index is 0.0269. The quantitative estimate of drug-likeness (QED) is 0.860. The van der Waals surface area contributed by atoms with Gasteiger partial charge in [0.25, 0.3) is 0 Å². The largest absolute Gasteiger partial charge is 0.390 e. The summed E-state index contributed by atoms with van der Waals surface area (Å²) in [5.74, 6) is 0.752. The SMILES string of the molecule is CCN1CCN(c2nc(C)cc(CO)n2)CC1C. The van der Waals surface area contributed by atoms with E-state index in [1.807, 2.05) is 13.0 Å². The molecule has 100 valence electrons. The van der Waals surface area contributed by atoms with Crippen molar-refractivity contribution in [2.45, 2.75) is 33.4 Å². The summed E-state index contributed by atoms with van der Waals surface area (Å²) in [6.45, 7) is 10.4. The van der Waals surface area contributed by atoms with Gasteiger partial charge in [-0.3, -0.25) is 4.90 Å². The van der Waals surface area contributed by atoms with Gasteiger partial charge in [0.2, 0.25) is 5.95 Å². The van der Waals surface area contributed by atoms with Crippen LogP contribution in [0.5, 0.6) is 0 Å². The Bertz CT molecular complexity index is 410. The normalized spacial score (nSPS) is 21.3. The fraction of sp³-hybridized carbons (Fsp3) is 0.692. The standard InChI is InChI=1S/C13H22N4O/c1-4-16-5-6-17(8-11(16)3)13-14-10(2)7-12(9-18)15-13/h7,11,18H,4-6,8-9H2,1-3H3. The maximum Gasteiger partial charge on any atom is 0.225 e. The fourth-order valence-electron chi connectivity index (χ4n) is 2.49. The molecule has 1 atom stereocenters. The van der Waals surface area contributed by atoms with E-state index in [0.717, 1.165) is 37.8 Å². The molecule has 5 heteroatoms. The molecule has 1 fully saturated rings. The first kappa shape index (κ1) is 13.2. The maximum absolute atomic E-state index is 9.20. The molecule has 5 nitrogen and oxygen atoms in total. The Labute approximate surface area is 108 Å². The molecule has 1 aromatic heterocycles. The fourth-order valence-corrected chi connectivity index (χ4v) is 2.49. The molecule has 1 aliphatic heterocycles. The highest BCUT2D eigenvalue weighted by Crippen LogP contribution is 2.16. The second-order valence-electron chi connectivity index (χ2n) is 4.88. The Kier molecular flexibility index (Phi) is 4.14. The van der Waals surface area contributed by atoms with E-state index in [9.17, 15) is 5.11 Å². The third kappa shape index (κ3) is 2.79. The molecule has 0 aromatic carbocycles.